The lowest BCUT2D eigenvalue weighted by Gasteiger charge is -2.22. The number of hydrogen-bond acceptors (Lipinski definition) is 6. The third kappa shape index (κ3) is 2.19. The molecule has 0 spiro atoms. The van der Waals surface area contributed by atoms with Gasteiger partial charge in [-0.3, -0.25) is 0 Å². The predicted octanol–water partition coefficient (Wildman–Crippen LogP) is 1.24. The van der Waals surface area contributed by atoms with E-state index in [0.29, 0.717) is 11.7 Å². The fourth-order valence-electron chi connectivity index (χ4n) is 2.96. The molecule has 3 N–H and O–H groups in total. The van der Waals surface area contributed by atoms with Crippen molar-refractivity contribution in [1.29, 1.82) is 0 Å². The minimum atomic E-state index is 0.399. The molecule has 0 radical (unpaired) electrons. The first-order valence-corrected chi connectivity index (χ1v) is 7.43. The van der Waals surface area contributed by atoms with Crippen molar-refractivity contribution in [3.05, 3.63) is 36.7 Å². The van der Waals surface area contributed by atoms with Crippen molar-refractivity contribution < 1.29 is 0 Å². The van der Waals surface area contributed by atoms with Crippen LogP contribution in [0.2, 0.25) is 0 Å². The molecule has 112 valence electrons. The Labute approximate surface area is 127 Å². The first-order chi connectivity index (χ1) is 10.8. The Balaban J connectivity index is 1.84. The van der Waals surface area contributed by atoms with Gasteiger partial charge in [-0.05, 0) is 19.4 Å². The zero-order valence-corrected chi connectivity index (χ0v) is 12.1. The van der Waals surface area contributed by atoms with Gasteiger partial charge < -0.3 is 11.1 Å². The van der Waals surface area contributed by atoms with E-state index < -0.39 is 0 Å². The molecule has 0 saturated carbocycles. The quantitative estimate of drug-likeness (QED) is 0.738. The number of rotatable bonds is 2. The molecule has 7 heteroatoms. The van der Waals surface area contributed by atoms with E-state index in [9.17, 15) is 0 Å². The van der Waals surface area contributed by atoms with Crippen LogP contribution < -0.4 is 11.1 Å². The third-order valence-corrected chi connectivity index (χ3v) is 4.11. The smallest absolute Gasteiger partial charge is 0.165 e. The molecule has 0 bridgehead atoms. The van der Waals surface area contributed by atoms with Gasteiger partial charge in [0.15, 0.2) is 5.65 Å². The number of nitrogens with one attached hydrogen (secondary N) is 1. The highest BCUT2D eigenvalue weighted by molar-refractivity contribution is 5.77. The van der Waals surface area contributed by atoms with Crippen molar-refractivity contribution in [2.75, 3.05) is 18.8 Å². The van der Waals surface area contributed by atoms with Crippen molar-refractivity contribution in [3.63, 3.8) is 0 Å². The van der Waals surface area contributed by atoms with Gasteiger partial charge in [-0.25, -0.2) is 15.0 Å². The summed E-state index contributed by atoms with van der Waals surface area (Å²) in [4.78, 5) is 13.0. The SMILES string of the molecule is Nc1cc(C2CCCNC2)nc2c(-c3cncnc3)cnn12. The van der Waals surface area contributed by atoms with Gasteiger partial charge in [-0.15, -0.1) is 0 Å². The van der Waals surface area contributed by atoms with Crippen LogP contribution in [-0.4, -0.2) is 37.7 Å². The van der Waals surface area contributed by atoms with Crippen LogP contribution in [0.5, 0.6) is 0 Å². The molecule has 0 aromatic carbocycles. The zero-order valence-electron chi connectivity index (χ0n) is 12.1. The number of nitrogens with zero attached hydrogens (tertiary/aromatic N) is 5. The molecule has 3 aromatic heterocycles. The van der Waals surface area contributed by atoms with Crippen LogP contribution in [0.15, 0.2) is 31.0 Å². The molecule has 1 unspecified atom stereocenters. The molecule has 1 atom stereocenters. The Bertz CT molecular complexity index is 790. The average Bonchev–Trinajstić information content (AvgIpc) is 3.01. The fourth-order valence-corrected chi connectivity index (χ4v) is 2.96. The molecule has 7 nitrogen and oxygen atoms in total. The summed E-state index contributed by atoms with van der Waals surface area (Å²) in [5, 5.41) is 7.76. The molecule has 1 aliphatic heterocycles. The Kier molecular flexibility index (Phi) is 3.19. The minimum absolute atomic E-state index is 0.399. The number of piperidine rings is 1. The normalized spacial score (nSPS) is 18.6. The van der Waals surface area contributed by atoms with Gasteiger partial charge in [0.1, 0.15) is 12.1 Å². The molecule has 4 heterocycles. The highest BCUT2D eigenvalue weighted by Crippen LogP contribution is 2.28. The highest BCUT2D eigenvalue weighted by atomic mass is 15.3. The first kappa shape index (κ1) is 13.1. The second-order valence-electron chi connectivity index (χ2n) is 5.57. The van der Waals surface area contributed by atoms with Crippen molar-refractivity contribution >= 4 is 11.5 Å². The van der Waals surface area contributed by atoms with Crippen LogP contribution in [0, 0.1) is 0 Å². The van der Waals surface area contributed by atoms with Crippen molar-refractivity contribution in [3.8, 4) is 11.1 Å². The maximum Gasteiger partial charge on any atom is 0.165 e. The standard InChI is InChI=1S/C15H17N7/c16-14-4-13(10-2-1-3-17-5-10)21-15-12(8-20-22(14)15)11-6-18-9-19-7-11/h4,6-10,17H,1-3,5,16H2. The van der Waals surface area contributed by atoms with Gasteiger partial charge in [-0.1, -0.05) is 0 Å². The molecular formula is C15H17N7. The molecule has 4 rings (SSSR count). The number of nitrogens with two attached hydrogens (primary N) is 1. The van der Waals surface area contributed by atoms with Crippen molar-refractivity contribution in [1.82, 2.24) is 29.9 Å². The second kappa shape index (κ2) is 5.34. The van der Waals surface area contributed by atoms with Crippen molar-refractivity contribution in [2.24, 2.45) is 0 Å². The zero-order chi connectivity index (χ0) is 14.9. The van der Waals surface area contributed by atoms with Crippen LogP contribution in [0.1, 0.15) is 24.5 Å². The Morgan fingerprint density at radius 2 is 2.09 bits per heavy atom. The summed E-state index contributed by atoms with van der Waals surface area (Å²) in [6, 6.07) is 1.93. The predicted molar refractivity (Wildman–Crippen MR) is 83.3 cm³/mol. The minimum Gasteiger partial charge on any atom is -0.384 e. The lowest BCUT2D eigenvalue weighted by Crippen LogP contribution is -2.29. The van der Waals surface area contributed by atoms with Crippen LogP contribution in [0.4, 0.5) is 5.82 Å². The van der Waals surface area contributed by atoms with Crippen LogP contribution in [0.25, 0.3) is 16.8 Å². The fraction of sp³-hybridized carbons (Fsp3) is 0.333. The summed E-state index contributed by atoms with van der Waals surface area (Å²) in [5.41, 5.74) is 9.74. The first-order valence-electron chi connectivity index (χ1n) is 7.43. The van der Waals surface area contributed by atoms with Gasteiger partial charge in [0.2, 0.25) is 0 Å². The summed E-state index contributed by atoms with van der Waals surface area (Å²) >= 11 is 0. The lowest BCUT2D eigenvalue weighted by molar-refractivity contribution is 0.455. The Morgan fingerprint density at radius 3 is 2.86 bits per heavy atom. The number of fused-ring (bicyclic) bond motifs is 1. The van der Waals surface area contributed by atoms with Crippen LogP contribution in [-0.2, 0) is 0 Å². The van der Waals surface area contributed by atoms with Crippen LogP contribution in [0.3, 0.4) is 0 Å². The summed E-state index contributed by atoms with van der Waals surface area (Å²) in [5.74, 6) is 1.00. The van der Waals surface area contributed by atoms with Gasteiger partial charge in [0.05, 0.1) is 11.9 Å². The molecule has 0 amide bonds. The van der Waals surface area contributed by atoms with E-state index in [1.165, 1.54) is 6.33 Å². The molecule has 1 fully saturated rings. The number of aromatic nitrogens is 5. The molecular weight excluding hydrogens is 278 g/mol. The lowest BCUT2D eigenvalue weighted by atomic mass is 9.96. The second-order valence-corrected chi connectivity index (χ2v) is 5.57. The van der Waals surface area contributed by atoms with E-state index in [-0.39, 0.29) is 0 Å². The van der Waals surface area contributed by atoms with Gasteiger partial charge in [-0.2, -0.15) is 9.61 Å². The third-order valence-electron chi connectivity index (χ3n) is 4.11. The van der Waals surface area contributed by atoms with E-state index in [1.807, 2.05) is 6.07 Å². The molecule has 1 aliphatic rings. The summed E-state index contributed by atoms with van der Waals surface area (Å²) in [7, 11) is 0. The van der Waals surface area contributed by atoms with E-state index in [1.54, 1.807) is 23.1 Å². The Morgan fingerprint density at radius 1 is 1.23 bits per heavy atom. The van der Waals surface area contributed by atoms with Gasteiger partial charge in [0.25, 0.3) is 0 Å². The summed E-state index contributed by atoms with van der Waals surface area (Å²) in [6.45, 7) is 2.02. The molecule has 1 saturated heterocycles. The van der Waals surface area contributed by atoms with Crippen molar-refractivity contribution in [2.45, 2.75) is 18.8 Å². The Hall–Kier alpha value is -2.54. The summed E-state index contributed by atoms with van der Waals surface area (Å²) in [6.07, 6.45) is 9.09. The summed E-state index contributed by atoms with van der Waals surface area (Å²) < 4.78 is 1.67. The average molecular weight is 295 g/mol. The van der Waals surface area contributed by atoms with Crippen LogP contribution >= 0.6 is 0 Å². The van der Waals surface area contributed by atoms with E-state index >= 15 is 0 Å². The molecule has 3 aromatic rings. The van der Waals surface area contributed by atoms with Gasteiger partial charge >= 0.3 is 0 Å². The molecule has 0 aliphatic carbocycles. The molecule has 22 heavy (non-hydrogen) atoms. The number of anilines is 1. The number of nitrogen functional groups attached to an aromatic ring is 1. The topological polar surface area (TPSA) is 94.0 Å². The maximum atomic E-state index is 6.16. The largest absolute Gasteiger partial charge is 0.384 e. The monoisotopic (exact) mass is 295 g/mol. The van der Waals surface area contributed by atoms with E-state index in [0.717, 1.165) is 48.4 Å². The van der Waals surface area contributed by atoms with E-state index in [4.69, 9.17) is 10.7 Å². The maximum absolute atomic E-state index is 6.16. The highest BCUT2D eigenvalue weighted by Gasteiger charge is 2.19. The number of hydrogen-bond donors (Lipinski definition) is 2. The van der Waals surface area contributed by atoms with E-state index in [2.05, 4.69) is 20.4 Å². The van der Waals surface area contributed by atoms with Gasteiger partial charge in [0, 0.05) is 42.0 Å².